The number of carboxylic acid groups (broad SMARTS) is 2. The Morgan fingerprint density at radius 2 is 2.00 bits per heavy atom. The molecule has 0 atom stereocenters. The minimum Gasteiger partial charge on any atom is -0.478 e. The van der Waals surface area contributed by atoms with Gasteiger partial charge in [0.25, 0.3) is 0 Å². The average Bonchev–Trinajstić information content (AvgIpc) is 2.45. The van der Waals surface area contributed by atoms with Crippen LogP contribution in [0.3, 0.4) is 0 Å². The molecule has 0 fully saturated rings. The van der Waals surface area contributed by atoms with Gasteiger partial charge >= 0.3 is 11.9 Å². The Bertz CT molecular complexity index is 606. The van der Waals surface area contributed by atoms with Crippen LogP contribution in [-0.2, 0) is 4.79 Å². The lowest BCUT2D eigenvalue weighted by Crippen LogP contribution is -1.96. The summed E-state index contributed by atoms with van der Waals surface area (Å²) in [6, 6.07) is 3.11. The summed E-state index contributed by atoms with van der Waals surface area (Å²) in [6.07, 6.45) is 5.72. The Labute approximate surface area is 129 Å². The van der Waals surface area contributed by atoms with Gasteiger partial charge in [-0.25, -0.2) is 14.6 Å². The van der Waals surface area contributed by atoms with E-state index in [0.717, 1.165) is 4.91 Å². The Morgan fingerprint density at radius 1 is 1.29 bits per heavy atom. The number of aromatic nitrogens is 1. The molecule has 1 rings (SSSR count). The van der Waals surface area contributed by atoms with Crippen LogP contribution in [0.15, 0.2) is 58.6 Å². The lowest BCUT2D eigenvalue weighted by molar-refractivity contribution is -0.132. The minimum atomic E-state index is -1.03. The first kappa shape index (κ1) is 17.1. The van der Waals surface area contributed by atoms with Crippen molar-refractivity contribution >= 4 is 33.5 Å². The molecule has 0 amide bonds. The van der Waals surface area contributed by atoms with Crippen LogP contribution in [0.4, 0.5) is 0 Å². The SMILES string of the molecule is C=C/C(=C\C=C(/C)SSc1ccc(C(=O)O)cn1)C(=O)O. The van der Waals surface area contributed by atoms with Gasteiger partial charge in [0.05, 0.1) is 11.1 Å². The van der Waals surface area contributed by atoms with E-state index >= 15 is 0 Å². The van der Waals surface area contributed by atoms with Crippen molar-refractivity contribution in [1.82, 2.24) is 4.98 Å². The number of carbonyl (C=O) groups is 2. The maximum absolute atomic E-state index is 10.8. The van der Waals surface area contributed by atoms with E-state index in [9.17, 15) is 9.59 Å². The van der Waals surface area contributed by atoms with Crippen LogP contribution in [0, 0.1) is 0 Å². The maximum Gasteiger partial charge on any atom is 0.337 e. The molecule has 0 unspecified atom stereocenters. The van der Waals surface area contributed by atoms with E-state index in [1.165, 1.54) is 46.0 Å². The number of nitrogens with zero attached hydrogens (tertiary/aromatic N) is 1. The van der Waals surface area contributed by atoms with Crippen molar-refractivity contribution in [3.63, 3.8) is 0 Å². The van der Waals surface area contributed by atoms with Gasteiger partial charge in [0.1, 0.15) is 5.03 Å². The second-order valence-corrected chi connectivity index (χ2v) is 6.16. The van der Waals surface area contributed by atoms with E-state index in [0.29, 0.717) is 5.03 Å². The van der Waals surface area contributed by atoms with Crippen LogP contribution in [-0.4, -0.2) is 27.1 Å². The van der Waals surface area contributed by atoms with Gasteiger partial charge < -0.3 is 10.2 Å². The van der Waals surface area contributed by atoms with E-state index in [-0.39, 0.29) is 11.1 Å². The number of hydrogen-bond acceptors (Lipinski definition) is 5. The van der Waals surface area contributed by atoms with Crippen molar-refractivity contribution in [1.29, 1.82) is 0 Å². The third kappa shape index (κ3) is 5.88. The van der Waals surface area contributed by atoms with E-state index in [1.807, 2.05) is 6.92 Å². The number of rotatable bonds is 7. The van der Waals surface area contributed by atoms with E-state index in [1.54, 1.807) is 12.1 Å². The average molecular weight is 323 g/mol. The minimum absolute atomic E-state index is 0.115. The molecular formula is C14H13NO4S2. The molecule has 0 aliphatic rings. The second kappa shape index (κ2) is 8.33. The van der Waals surface area contributed by atoms with Gasteiger partial charge in [-0.15, -0.1) is 0 Å². The molecule has 0 radical (unpaired) electrons. The van der Waals surface area contributed by atoms with E-state index in [4.69, 9.17) is 10.2 Å². The van der Waals surface area contributed by atoms with Crippen LogP contribution in [0.2, 0.25) is 0 Å². The highest BCUT2D eigenvalue weighted by molar-refractivity contribution is 8.78. The molecule has 21 heavy (non-hydrogen) atoms. The lowest BCUT2D eigenvalue weighted by atomic mass is 10.2. The summed E-state index contributed by atoms with van der Waals surface area (Å²) in [5, 5.41) is 18.3. The number of pyridine rings is 1. The van der Waals surface area contributed by atoms with Crippen molar-refractivity contribution < 1.29 is 19.8 Å². The van der Waals surface area contributed by atoms with Crippen LogP contribution in [0.25, 0.3) is 0 Å². The number of hydrogen-bond donors (Lipinski definition) is 2. The first-order chi connectivity index (χ1) is 9.93. The third-order valence-corrected chi connectivity index (χ3v) is 4.65. The van der Waals surface area contributed by atoms with Gasteiger partial charge in [0.15, 0.2) is 0 Å². The summed E-state index contributed by atoms with van der Waals surface area (Å²) in [7, 11) is 2.76. The van der Waals surface area contributed by atoms with Crippen LogP contribution in [0.1, 0.15) is 17.3 Å². The highest BCUT2D eigenvalue weighted by atomic mass is 33.1. The highest BCUT2D eigenvalue weighted by Crippen LogP contribution is 2.35. The molecule has 1 heterocycles. The smallest absolute Gasteiger partial charge is 0.337 e. The zero-order valence-electron chi connectivity index (χ0n) is 11.1. The van der Waals surface area contributed by atoms with Gasteiger partial charge in [-0.2, -0.15) is 0 Å². The molecule has 110 valence electrons. The van der Waals surface area contributed by atoms with Gasteiger partial charge in [-0.1, -0.05) is 29.5 Å². The van der Waals surface area contributed by atoms with Crippen molar-refractivity contribution in [3.05, 3.63) is 59.2 Å². The summed E-state index contributed by atoms with van der Waals surface area (Å²) in [5.74, 6) is -2.05. The monoisotopic (exact) mass is 323 g/mol. The number of aromatic carboxylic acids is 1. The molecular weight excluding hydrogens is 310 g/mol. The molecule has 0 saturated carbocycles. The Kier molecular flexibility index (Phi) is 6.77. The van der Waals surface area contributed by atoms with E-state index in [2.05, 4.69) is 11.6 Å². The Balaban J connectivity index is 2.64. The Morgan fingerprint density at radius 3 is 2.48 bits per heavy atom. The lowest BCUT2D eigenvalue weighted by Gasteiger charge is -2.00. The predicted molar refractivity (Wildman–Crippen MR) is 84.3 cm³/mol. The first-order valence-corrected chi connectivity index (χ1v) is 7.87. The van der Waals surface area contributed by atoms with Gasteiger partial charge in [-0.05, 0) is 40.8 Å². The maximum atomic E-state index is 10.8. The quantitative estimate of drug-likeness (QED) is 0.450. The fourth-order valence-electron chi connectivity index (χ4n) is 1.13. The zero-order valence-corrected chi connectivity index (χ0v) is 12.8. The van der Waals surface area contributed by atoms with Gasteiger partial charge in [0.2, 0.25) is 0 Å². The Hall–Kier alpha value is -1.99. The van der Waals surface area contributed by atoms with Crippen LogP contribution < -0.4 is 0 Å². The molecule has 7 heteroatoms. The molecule has 0 aliphatic heterocycles. The molecule has 0 aliphatic carbocycles. The summed E-state index contributed by atoms with van der Waals surface area (Å²) in [6.45, 7) is 5.26. The summed E-state index contributed by atoms with van der Waals surface area (Å²) in [4.78, 5) is 26.4. The van der Waals surface area contributed by atoms with Crippen LogP contribution in [0.5, 0.6) is 0 Å². The fourth-order valence-corrected chi connectivity index (χ4v) is 2.80. The topological polar surface area (TPSA) is 87.5 Å². The van der Waals surface area contributed by atoms with Gasteiger partial charge in [0, 0.05) is 6.20 Å². The summed E-state index contributed by atoms with van der Waals surface area (Å²) in [5.41, 5.74) is 0.250. The van der Waals surface area contributed by atoms with Gasteiger partial charge in [-0.3, -0.25) is 0 Å². The largest absolute Gasteiger partial charge is 0.478 e. The summed E-state index contributed by atoms with van der Waals surface area (Å²) >= 11 is 0. The summed E-state index contributed by atoms with van der Waals surface area (Å²) < 4.78 is 0. The van der Waals surface area contributed by atoms with E-state index < -0.39 is 11.9 Å². The van der Waals surface area contributed by atoms with Crippen molar-refractivity contribution in [2.45, 2.75) is 11.9 Å². The predicted octanol–water partition coefficient (Wildman–Crippen LogP) is 3.62. The highest BCUT2D eigenvalue weighted by Gasteiger charge is 2.04. The molecule has 2 N–H and O–H groups in total. The fraction of sp³-hybridized carbons (Fsp3) is 0.0714. The first-order valence-electron chi connectivity index (χ1n) is 5.72. The zero-order chi connectivity index (χ0) is 15.8. The molecule has 0 bridgehead atoms. The number of aliphatic carboxylic acids is 1. The standard InChI is InChI=1S/C14H13NO4S2/c1-3-10(13(16)17)5-4-9(2)20-21-12-7-6-11(8-15-12)14(18)19/h3-8H,1H2,2H3,(H,16,17)(H,18,19)/b9-4+,10-5+. The normalized spacial score (nSPS) is 12.0. The van der Waals surface area contributed by atoms with Crippen molar-refractivity contribution in [2.75, 3.05) is 0 Å². The molecule has 1 aromatic heterocycles. The molecule has 0 spiro atoms. The molecule has 5 nitrogen and oxygen atoms in total. The molecule has 1 aromatic rings. The van der Waals surface area contributed by atoms with Crippen LogP contribution >= 0.6 is 21.6 Å². The second-order valence-electron chi connectivity index (χ2n) is 3.77. The third-order valence-electron chi connectivity index (χ3n) is 2.21. The molecule has 0 aromatic carbocycles. The molecule has 0 saturated heterocycles. The number of carboxylic acids is 2. The van der Waals surface area contributed by atoms with Crippen molar-refractivity contribution in [3.8, 4) is 0 Å². The number of allylic oxidation sites excluding steroid dienone is 3. The van der Waals surface area contributed by atoms with Crippen molar-refractivity contribution in [2.24, 2.45) is 0 Å².